The van der Waals surface area contributed by atoms with Crippen molar-refractivity contribution in [3.05, 3.63) is 35.4 Å². The molecular formula is C15H22F2N2O. The van der Waals surface area contributed by atoms with E-state index in [1.165, 1.54) is 6.07 Å². The van der Waals surface area contributed by atoms with Crippen LogP contribution in [0.15, 0.2) is 18.2 Å². The lowest BCUT2D eigenvalue weighted by Crippen LogP contribution is -2.44. The standard InChI is InChI=1S/C15H22F2N2O/c16-11-5-6-13(17)12(7-11)15(8-18)19-14-4-2-1-3-10(14)9-20/h5-7,10,14-15,19-20H,1-4,8-9,18H2. The Morgan fingerprint density at radius 2 is 2.05 bits per heavy atom. The predicted octanol–water partition coefficient (Wildman–Crippen LogP) is 2.11. The van der Waals surface area contributed by atoms with E-state index in [1.54, 1.807) is 0 Å². The quantitative estimate of drug-likeness (QED) is 0.776. The molecule has 5 heteroatoms. The van der Waals surface area contributed by atoms with E-state index in [4.69, 9.17) is 5.73 Å². The molecule has 1 fully saturated rings. The van der Waals surface area contributed by atoms with E-state index in [0.717, 1.165) is 37.8 Å². The van der Waals surface area contributed by atoms with E-state index in [0.29, 0.717) is 0 Å². The van der Waals surface area contributed by atoms with Crippen LogP contribution in [0, 0.1) is 17.6 Å². The molecule has 3 atom stereocenters. The fourth-order valence-corrected chi connectivity index (χ4v) is 2.97. The monoisotopic (exact) mass is 284 g/mol. The van der Waals surface area contributed by atoms with Gasteiger partial charge < -0.3 is 16.2 Å². The molecule has 20 heavy (non-hydrogen) atoms. The van der Waals surface area contributed by atoms with Crippen molar-refractivity contribution in [3.63, 3.8) is 0 Å². The molecule has 0 saturated heterocycles. The lowest BCUT2D eigenvalue weighted by Gasteiger charge is -2.34. The van der Waals surface area contributed by atoms with Crippen LogP contribution < -0.4 is 11.1 Å². The molecular weight excluding hydrogens is 262 g/mol. The van der Waals surface area contributed by atoms with Crippen LogP contribution in [-0.4, -0.2) is 24.3 Å². The smallest absolute Gasteiger partial charge is 0.128 e. The normalized spacial score (nSPS) is 24.6. The van der Waals surface area contributed by atoms with E-state index < -0.39 is 17.7 Å². The number of hydrogen-bond acceptors (Lipinski definition) is 3. The number of hydrogen-bond donors (Lipinski definition) is 3. The minimum Gasteiger partial charge on any atom is -0.396 e. The van der Waals surface area contributed by atoms with Crippen LogP contribution in [0.3, 0.4) is 0 Å². The summed E-state index contributed by atoms with van der Waals surface area (Å²) in [6.45, 7) is 0.301. The zero-order valence-corrected chi connectivity index (χ0v) is 11.5. The molecule has 0 heterocycles. The van der Waals surface area contributed by atoms with Crippen LogP contribution >= 0.6 is 0 Å². The summed E-state index contributed by atoms with van der Waals surface area (Å²) < 4.78 is 27.1. The van der Waals surface area contributed by atoms with Crippen molar-refractivity contribution in [2.45, 2.75) is 37.8 Å². The zero-order valence-electron chi connectivity index (χ0n) is 11.5. The highest BCUT2D eigenvalue weighted by molar-refractivity contribution is 5.23. The molecule has 0 amide bonds. The summed E-state index contributed by atoms with van der Waals surface area (Å²) in [6, 6.07) is 3.09. The Morgan fingerprint density at radius 3 is 2.75 bits per heavy atom. The molecule has 1 aromatic carbocycles. The van der Waals surface area contributed by atoms with Gasteiger partial charge in [-0.05, 0) is 37.0 Å². The third-order valence-corrected chi connectivity index (χ3v) is 4.13. The Hall–Kier alpha value is -1.04. The van der Waals surface area contributed by atoms with Crippen molar-refractivity contribution in [2.75, 3.05) is 13.2 Å². The second-order valence-electron chi connectivity index (χ2n) is 5.45. The summed E-state index contributed by atoms with van der Waals surface area (Å²) in [5, 5.41) is 12.7. The molecule has 0 radical (unpaired) electrons. The fourth-order valence-electron chi connectivity index (χ4n) is 2.97. The second kappa shape index (κ2) is 7.11. The van der Waals surface area contributed by atoms with Gasteiger partial charge in [0.05, 0.1) is 0 Å². The Balaban J connectivity index is 2.13. The van der Waals surface area contributed by atoms with Gasteiger partial charge in [-0.25, -0.2) is 8.78 Å². The lowest BCUT2D eigenvalue weighted by atomic mass is 9.84. The van der Waals surface area contributed by atoms with Gasteiger partial charge in [0, 0.05) is 30.8 Å². The van der Waals surface area contributed by atoms with Crippen LogP contribution in [0.5, 0.6) is 0 Å². The summed E-state index contributed by atoms with van der Waals surface area (Å²) in [5.74, 6) is -0.760. The maximum atomic E-state index is 13.8. The number of nitrogens with two attached hydrogens (primary N) is 1. The Kier molecular flexibility index (Phi) is 5.46. The Labute approximate surface area is 118 Å². The van der Waals surface area contributed by atoms with Crippen LogP contribution in [0.1, 0.15) is 37.3 Å². The van der Waals surface area contributed by atoms with Crippen molar-refractivity contribution in [1.82, 2.24) is 5.32 Å². The predicted molar refractivity (Wildman–Crippen MR) is 74.1 cm³/mol. The highest BCUT2D eigenvalue weighted by Gasteiger charge is 2.27. The topological polar surface area (TPSA) is 58.3 Å². The number of aliphatic hydroxyl groups is 1. The molecule has 3 unspecified atom stereocenters. The Morgan fingerprint density at radius 1 is 1.30 bits per heavy atom. The zero-order chi connectivity index (χ0) is 14.5. The molecule has 1 aliphatic carbocycles. The maximum absolute atomic E-state index is 13.8. The van der Waals surface area contributed by atoms with E-state index >= 15 is 0 Å². The molecule has 112 valence electrons. The van der Waals surface area contributed by atoms with Gasteiger partial charge in [-0.2, -0.15) is 0 Å². The molecule has 1 aliphatic rings. The van der Waals surface area contributed by atoms with Gasteiger partial charge >= 0.3 is 0 Å². The minimum atomic E-state index is -0.469. The molecule has 0 bridgehead atoms. The number of rotatable bonds is 5. The number of benzene rings is 1. The molecule has 0 aromatic heterocycles. The summed E-state index contributed by atoms with van der Waals surface area (Å²) in [7, 11) is 0. The molecule has 0 aliphatic heterocycles. The summed E-state index contributed by atoms with van der Waals surface area (Å²) in [6.07, 6.45) is 4.07. The number of nitrogens with one attached hydrogen (secondary N) is 1. The van der Waals surface area contributed by atoms with Crippen molar-refractivity contribution in [2.24, 2.45) is 11.7 Å². The summed E-state index contributed by atoms with van der Waals surface area (Å²) in [5.41, 5.74) is 5.97. The molecule has 0 spiro atoms. The summed E-state index contributed by atoms with van der Waals surface area (Å²) in [4.78, 5) is 0. The molecule has 4 N–H and O–H groups in total. The van der Waals surface area contributed by atoms with Crippen LogP contribution in [0.2, 0.25) is 0 Å². The van der Waals surface area contributed by atoms with E-state index in [1.807, 2.05) is 0 Å². The van der Waals surface area contributed by atoms with E-state index in [9.17, 15) is 13.9 Å². The molecule has 1 saturated carbocycles. The number of aliphatic hydroxyl groups excluding tert-OH is 1. The first-order valence-electron chi connectivity index (χ1n) is 7.17. The number of halogens is 2. The highest BCUT2D eigenvalue weighted by atomic mass is 19.1. The maximum Gasteiger partial charge on any atom is 0.128 e. The van der Waals surface area contributed by atoms with Crippen LogP contribution in [0.4, 0.5) is 8.78 Å². The first-order valence-corrected chi connectivity index (χ1v) is 7.17. The van der Waals surface area contributed by atoms with Gasteiger partial charge in [-0.3, -0.25) is 0 Å². The van der Waals surface area contributed by atoms with Crippen LogP contribution in [-0.2, 0) is 0 Å². The first kappa shape index (κ1) is 15.4. The average molecular weight is 284 g/mol. The van der Waals surface area contributed by atoms with Gasteiger partial charge in [0.15, 0.2) is 0 Å². The fraction of sp³-hybridized carbons (Fsp3) is 0.600. The van der Waals surface area contributed by atoms with Crippen molar-refractivity contribution in [3.8, 4) is 0 Å². The van der Waals surface area contributed by atoms with Crippen LogP contribution in [0.25, 0.3) is 0 Å². The van der Waals surface area contributed by atoms with E-state index in [-0.39, 0.29) is 30.7 Å². The average Bonchev–Trinajstić information content (AvgIpc) is 2.48. The SMILES string of the molecule is NCC(NC1CCCCC1CO)c1cc(F)ccc1F. The largest absolute Gasteiger partial charge is 0.396 e. The molecule has 1 aromatic rings. The van der Waals surface area contributed by atoms with Gasteiger partial charge in [-0.1, -0.05) is 12.8 Å². The molecule has 3 nitrogen and oxygen atoms in total. The minimum absolute atomic E-state index is 0.102. The van der Waals surface area contributed by atoms with Crippen molar-refractivity contribution >= 4 is 0 Å². The summed E-state index contributed by atoms with van der Waals surface area (Å²) >= 11 is 0. The first-order chi connectivity index (χ1) is 9.65. The van der Waals surface area contributed by atoms with Gasteiger partial charge in [0.1, 0.15) is 11.6 Å². The van der Waals surface area contributed by atoms with Gasteiger partial charge in [-0.15, -0.1) is 0 Å². The van der Waals surface area contributed by atoms with Gasteiger partial charge in [0.25, 0.3) is 0 Å². The van der Waals surface area contributed by atoms with Crippen molar-refractivity contribution in [1.29, 1.82) is 0 Å². The molecule has 2 rings (SSSR count). The third-order valence-electron chi connectivity index (χ3n) is 4.13. The lowest BCUT2D eigenvalue weighted by molar-refractivity contribution is 0.146. The van der Waals surface area contributed by atoms with Gasteiger partial charge in [0.2, 0.25) is 0 Å². The second-order valence-corrected chi connectivity index (χ2v) is 5.45. The highest BCUT2D eigenvalue weighted by Crippen LogP contribution is 2.27. The van der Waals surface area contributed by atoms with Crippen molar-refractivity contribution < 1.29 is 13.9 Å². The van der Waals surface area contributed by atoms with E-state index in [2.05, 4.69) is 5.32 Å². The third kappa shape index (κ3) is 3.53. The Bertz CT molecular complexity index is 442.